The zero-order valence-corrected chi connectivity index (χ0v) is 12.2. The second-order valence-electron chi connectivity index (χ2n) is 4.79. The first-order valence-electron chi connectivity index (χ1n) is 6.99. The fourth-order valence-corrected chi connectivity index (χ4v) is 1.89. The highest BCUT2D eigenvalue weighted by molar-refractivity contribution is 5.99. The number of carbonyl (C=O) groups excluding carboxylic acids is 1. The SMILES string of the molecule is CCCNC(C)c1ccc(NC(=O)Nc2cnoc2)cc1. The number of aromatic nitrogens is 1. The van der Waals surface area contributed by atoms with E-state index in [1.807, 2.05) is 24.3 Å². The molecule has 0 saturated heterocycles. The Labute approximate surface area is 123 Å². The maximum absolute atomic E-state index is 11.7. The minimum Gasteiger partial charge on any atom is -0.363 e. The van der Waals surface area contributed by atoms with Gasteiger partial charge in [0.25, 0.3) is 0 Å². The van der Waals surface area contributed by atoms with Gasteiger partial charge in [0.05, 0.1) is 6.20 Å². The number of benzene rings is 1. The van der Waals surface area contributed by atoms with Gasteiger partial charge in [0.15, 0.2) is 0 Å². The van der Waals surface area contributed by atoms with Crippen LogP contribution in [-0.2, 0) is 0 Å². The Kier molecular flexibility index (Phi) is 5.34. The van der Waals surface area contributed by atoms with Crippen LogP contribution >= 0.6 is 0 Å². The van der Waals surface area contributed by atoms with E-state index in [9.17, 15) is 4.79 Å². The van der Waals surface area contributed by atoms with E-state index in [1.54, 1.807) is 0 Å². The van der Waals surface area contributed by atoms with Crippen LogP contribution in [0, 0.1) is 0 Å². The summed E-state index contributed by atoms with van der Waals surface area (Å²) < 4.78 is 4.64. The van der Waals surface area contributed by atoms with E-state index in [0.29, 0.717) is 11.7 Å². The second-order valence-corrected chi connectivity index (χ2v) is 4.79. The van der Waals surface area contributed by atoms with Crippen LogP contribution in [0.15, 0.2) is 41.2 Å². The summed E-state index contributed by atoms with van der Waals surface area (Å²) in [6.07, 6.45) is 3.90. The predicted octanol–water partition coefficient (Wildman–Crippen LogP) is 3.38. The molecule has 0 fully saturated rings. The van der Waals surface area contributed by atoms with Crippen LogP contribution in [-0.4, -0.2) is 17.7 Å². The molecule has 3 N–H and O–H groups in total. The molecule has 6 nitrogen and oxygen atoms in total. The highest BCUT2D eigenvalue weighted by atomic mass is 16.5. The lowest BCUT2D eigenvalue weighted by atomic mass is 10.1. The molecule has 1 atom stereocenters. The molecule has 1 aromatic heterocycles. The monoisotopic (exact) mass is 288 g/mol. The van der Waals surface area contributed by atoms with E-state index in [-0.39, 0.29) is 6.03 Å². The van der Waals surface area contributed by atoms with Crippen molar-refractivity contribution in [1.82, 2.24) is 10.5 Å². The fourth-order valence-electron chi connectivity index (χ4n) is 1.89. The van der Waals surface area contributed by atoms with E-state index < -0.39 is 0 Å². The lowest BCUT2D eigenvalue weighted by molar-refractivity contribution is 0.262. The Morgan fingerprint density at radius 1 is 1.24 bits per heavy atom. The highest BCUT2D eigenvalue weighted by Gasteiger charge is 2.06. The van der Waals surface area contributed by atoms with Crippen molar-refractivity contribution in [2.24, 2.45) is 0 Å². The van der Waals surface area contributed by atoms with Crippen LogP contribution in [0.2, 0.25) is 0 Å². The number of rotatable bonds is 6. The van der Waals surface area contributed by atoms with Crippen LogP contribution in [0.5, 0.6) is 0 Å². The number of hydrogen-bond acceptors (Lipinski definition) is 4. The van der Waals surface area contributed by atoms with Gasteiger partial charge in [-0.15, -0.1) is 0 Å². The van der Waals surface area contributed by atoms with Gasteiger partial charge in [-0.3, -0.25) is 0 Å². The summed E-state index contributed by atoms with van der Waals surface area (Å²) in [6.45, 7) is 5.25. The highest BCUT2D eigenvalue weighted by Crippen LogP contribution is 2.16. The van der Waals surface area contributed by atoms with Crippen LogP contribution in [0.25, 0.3) is 0 Å². The Hall–Kier alpha value is -2.34. The molecule has 2 aromatic rings. The van der Waals surface area contributed by atoms with E-state index in [2.05, 4.69) is 39.5 Å². The molecule has 0 aliphatic carbocycles. The maximum Gasteiger partial charge on any atom is 0.323 e. The third-order valence-electron chi connectivity index (χ3n) is 3.06. The van der Waals surface area contributed by atoms with Crippen LogP contribution in [0.1, 0.15) is 31.9 Å². The Morgan fingerprint density at radius 2 is 1.95 bits per heavy atom. The van der Waals surface area contributed by atoms with Crippen molar-refractivity contribution in [3.63, 3.8) is 0 Å². The molecule has 1 aromatic carbocycles. The average molecular weight is 288 g/mol. The maximum atomic E-state index is 11.7. The van der Waals surface area contributed by atoms with E-state index >= 15 is 0 Å². The Bertz CT molecular complexity index is 552. The number of urea groups is 1. The summed E-state index contributed by atoms with van der Waals surface area (Å²) in [4.78, 5) is 11.7. The molecule has 0 radical (unpaired) electrons. The van der Waals surface area contributed by atoms with E-state index in [1.165, 1.54) is 18.0 Å². The third-order valence-corrected chi connectivity index (χ3v) is 3.06. The van der Waals surface area contributed by atoms with Gasteiger partial charge in [-0.1, -0.05) is 24.2 Å². The predicted molar refractivity (Wildman–Crippen MR) is 82.3 cm³/mol. The van der Waals surface area contributed by atoms with Crippen molar-refractivity contribution in [3.05, 3.63) is 42.3 Å². The molecule has 0 saturated carbocycles. The lowest BCUT2D eigenvalue weighted by Crippen LogP contribution is -2.20. The number of hydrogen-bond donors (Lipinski definition) is 3. The minimum absolute atomic E-state index is 0.296. The first-order chi connectivity index (χ1) is 10.2. The van der Waals surface area contributed by atoms with Crippen molar-refractivity contribution < 1.29 is 9.32 Å². The van der Waals surface area contributed by atoms with Gasteiger partial charge < -0.3 is 20.5 Å². The normalized spacial score (nSPS) is 11.9. The Balaban J connectivity index is 1.88. The molecule has 0 aliphatic rings. The number of nitrogens with one attached hydrogen (secondary N) is 3. The standard InChI is InChI=1S/C15H20N4O2/c1-3-8-16-11(2)12-4-6-13(7-5-12)18-15(20)19-14-9-17-21-10-14/h4-7,9-11,16H,3,8H2,1-2H3,(H2,18,19,20). The molecule has 1 unspecified atom stereocenters. The van der Waals surface area contributed by atoms with Gasteiger partial charge in [-0.05, 0) is 37.6 Å². The van der Waals surface area contributed by atoms with Gasteiger partial charge >= 0.3 is 6.03 Å². The quantitative estimate of drug-likeness (QED) is 0.761. The zero-order valence-electron chi connectivity index (χ0n) is 12.2. The molecule has 112 valence electrons. The van der Waals surface area contributed by atoms with Gasteiger partial charge in [0, 0.05) is 11.7 Å². The summed E-state index contributed by atoms with van der Waals surface area (Å²) in [5.74, 6) is 0. The summed E-state index contributed by atoms with van der Waals surface area (Å²) >= 11 is 0. The number of nitrogens with zero attached hydrogens (tertiary/aromatic N) is 1. The fraction of sp³-hybridized carbons (Fsp3) is 0.333. The largest absolute Gasteiger partial charge is 0.363 e. The molecule has 1 heterocycles. The van der Waals surface area contributed by atoms with Crippen molar-refractivity contribution >= 4 is 17.4 Å². The van der Waals surface area contributed by atoms with E-state index in [0.717, 1.165) is 18.7 Å². The molecule has 21 heavy (non-hydrogen) atoms. The molecular weight excluding hydrogens is 268 g/mol. The molecule has 0 aliphatic heterocycles. The molecule has 0 spiro atoms. The van der Waals surface area contributed by atoms with Crippen LogP contribution in [0.3, 0.4) is 0 Å². The summed E-state index contributed by atoms with van der Waals surface area (Å²) in [5, 5.41) is 12.3. The first-order valence-corrected chi connectivity index (χ1v) is 6.99. The number of anilines is 2. The summed E-state index contributed by atoms with van der Waals surface area (Å²) in [7, 11) is 0. The van der Waals surface area contributed by atoms with Gasteiger partial charge in [0.1, 0.15) is 12.0 Å². The van der Waals surface area contributed by atoms with Crippen molar-refractivity contribution in [2.45, 2.75) is 26.3 Å². The van der Waals surface area contributed by atoms with Gasteiger partial charge in [-0.25, -0.2) is 4.79 Å². The van der Waals surface area contributed by atoms with Crippen molar-refractivity contribution in [2.75, 3.05) is 17.2 Å². The van der Waals surface area contributed by atoms with E-state index in [4.69, 9.17) is 0 Å². The topological polar surface area (TPSA) is 79.2 Å². The van der Waals surface area contributed by atoms with Crippen LogP contribution in [0.4, 0.5) is 16.2 Å². The summed E-state index contributed by atoms with van der Waals surface area (Å²) in [6, 6.07) is 7.73. The lowest BCUT2D eigenvalue weighted by Gasteiger charge is -2.14. The number of carbonyl (C=O) groups is 1. The minimum atomic E-state index is -0.330. The third kappa shape index (κ3) is 4.61. The molecule has 0 bridgehead atoms. The molecule has 6 heteroatoms. The van der Waals surface area contributed by atoms with Gasteiger partial charge in [0.2, 0.25) is 0 Å². The van der Waals surface area contributed by atoms with Crippen LogP contribution < -0.4 is 16.0 Å². The molecule has 2 rings (SSSR count). The molecular formula is C15H20N4O2. The number of amides is 2. The first kappa shape index (κ1) is 15.1. The smallest absolute Gasteiger partial charge is 0.323 e. The van der Waals surface area contributed by atoms with Gasteiger partial charge in [-0.2, -0.15) is 0 Å². The summed E-state index contributed by atoms with van der Waals surface area (Å²) in [5.41, 5.74) is 2.44. The Morgan fingerprint density at radius 3 is 2.57 bits per heavy atom. The van der Waals surface area contributed by atoms with Crippen molar-refractivity contribution in [1.29, 1.82) is 0 Å². The average Bonchev–Trinajstić information content (AvgIpc) is 2.98. The zero-order chi connectivity index (χ0) is 15.1. The van der Waals surface area contributed by atoms with Crippen molar-refractivity contribution in [3.8, 4) is 0 Å². The molecule has 2 amide bonds. The second kappa shape index (κ2) is 7.44.